The van der Waals surface area contributed by atoms with Crippen molar-refractivity contribution < 1.29 is 14.6 Å². The number of methoxy groups -OCH3 is 1. The first kappa shape index (κ1) is 19.8. The Kier molecular flexibility index (Phi) is 6.87. The van der Waals surface area contributed by atoms with Gasteiger partial charge in [0.2, 0.25) is 0 Å². The monoisotopic (exact) mass is 407 g/mol. The molecule has 0 aliphatic carbocycles. The van der Waals surface area contributed by atoms with Crippen molar-refractivity contribution in [3.8, 4) is 11.5 Å². The molecule has 0 heterocycles. The van der Waals surface area contributed by atoms with Crippen LogP contribution < -0.4 is 14.8 Å². The maximum absolute atomic E-state index is 9.37. The summed E-state index contributed by atoms with van der Waals surface area (Å²) in [6.45, 7) is 7.15. The molecular formula is C20H26BrNO3. The first-order valence-electron chi connectivity index (χ1n) is 8.25. The van der Waals surface area contributed by atoms with Crippen molar-refractivity contribution in [2.24, 2.45) is 0 Å². The molecule has 4 nitrogen and oxygen atoms in total. The summed E-state index contributed by atoms with van der Waals surface area (Å²) in [4.78, 5) is 0. The van der Waals surface area contributed by atoms with E-state index in [0.717, 1.165) is 15.6 Å². The highest BCUT2D eigenvalue weighted by Gasteiger charge is 2.17. The summed E-state index contributed by atoms with van der Waals surface area (Å²) in [5.41, 5.74) is 3.03. The first-order valence-corrected chi connectivity index (χ1v) is 9.04. The van der Waals surface area contributed by atoms with Crippen LogP contribution in [0.25, 0.3) is 0 Å². The maximum Gasteiger partial charge on any atom is 0.162 e. The van der Waals surface area contributed by atoms with Gasteiger partial charge in [-0.05, 0) is 44.0 Å². The summed E-state index contributed by atoms with van der Waals surface area (Å²) >= 11 is 3.60. The van der Waals surface area contributed by atoms with Crippen LogP contribution in [0.15, 0.2) is 40.9 Å². The van der Waals surface area contributed by atoms with Crippen molar-refractivity contribution in [1.82, 2.24) is 5.32 Å². The van der Waals surface area contributed by atoms with Gasteiger partial charge in [-0.1, -0.05) is 45.8 Å². The van der Waals surface area contributed by atoms with Gasteiger partial charge >= 0.3 is 0 Å². The molecule has 0 saturated heterocycles. The number of nitrogens with one attached hydrogen (secondary N) is 1. The Balaban J connectivity index is 2.12. The number of aryl methyl sites for hydroxylation is 1. The van der Waals surface area contributed by atoms with Crippen LogP contribution in [0.1, 0.15) is 30.5 Å². The zero-order valence-electron chi connectivity index (χ0n) is 15.2. The molecule has 2 rings (SSSR count). The van der Waals surface area contributed by atoms with E-state index in [0.29, 0.717) is 24.7 Å². The number of benzene rings is 2. The van der Waals surface area contributed by atoms with Gasteiger partial charge in [-0.2, -0.15) is 0 Å². The fourth-order valence-corrected chi connectivity index (χ4v) is 2.80. The molecule has 0 bridgehead atoms. The lowest BCUT2D eigenvalue weighted by Crippen LogP contribution is -2.42. The van der Waals surface area contributed by atoms with Crippen LogP contribution in [0.2, 0.25) is 0 Å². The van der Waals surface area contributed by atoms with Crippen molar-refractivity contribution in [2.45, 2.75) is 39.5 Å². The number of aliphatic hydroxyl groups is 1. The first-order chi connectivity index (χ1) is 11.8. The van der Waals surface area contributed by atoms with E-state index in [4.69, 9.17) is 9.47 Å². The topological polar surface area (TPSA) is 50.7 Å². The number of hydrogen-bond donors (Lipinski definition) is 2. The molecule has 0 aliphatic rings. The molecule has 0 atom stereocenters. The zero-order chi connectivity index (χ0) is 18.4. The number of rotatable bonds is 8. The summed E-state index contributed by atoms with van der Waals surface area (Å²) in [6.07, 6.45) is 0. The molecular weight excluding hydrogens is 382 g/mol. The van der Waals surface area contributed by atoms with Gasteiger partial charge in [-0.15, -0.1) is 0 Å². The number of ether oxygens (including phenoxy) is 2. The summed E-state index contributed by atoms with van der Waals surface area (Å²) < 4.78 is 12.4. The van der Waals surface area contributed by atoms with Crippen molar-refractivity contribution in [3.05, 3.63) is 57.6 Å². The van der Waals surface area contributed by atoms with Gasteiger partial charge in [0.25, 0.3) is 0 Å². The molecule has 0 radical (unpaired) electrons. The van der Waals surface area contributed by atoms with Gasteiger partial charge in [0.05, 0.1) is 13.7 Å². The second-order valence-corrected chi connectivity index (χ2v) is 7.62. The van der Waals surface area contributed by atoms with Crippen molar-refractivity contribution >= 4 is 15.9 Å². The molecule has 5 heteroatoms. The fourth-order valence-electron chi connectivity index (χ4n) is 2.34. The Hall–Kier alpha value is -1.56. The molecule has 2 aromatic carbocycles. The highest BCUT2D eigenvalue weighted by molar-refractivity contribution is 9.10. The Labute approximate surface area is 158 Å². The molecule has 0 fully saturated rings. The minimum absolute atomic E-state index is 0.0689. The van der Waals surface area contributed by atoms with Crippen LogP contribution in [0, 0.1) is 6.92 Å². The molecule has 0 aliphatic heterocycles. The van der Waals surface area contributed by atoms with E-state index < -0.39 is 0 Å². The number of hydrogen-bond acceptors (Lipinski definition) is 4. The van der Waals surface area contributed by atoms with Crippen molar-refractivity contribution in [2.75, 3.05) is 13.7 Å². The van der Waals surface area contributed by atoms with Gasteiger partial charge in [0, 0.05) is 16.6 Å². The highest BCUT2D eigenvalue weighted by atomic mass is 79.9. The predicted octanol–water partition coefficient (Wildman–Crippen LogP) is 4.21. The van der Waals surface area contributed by atoms with Crippen LogP contribution in [0.5, 0.6) is 11.5 Å². The third-order valence-corrected chi connectivity index (χ3v) is 4.70. The van der Waals surface area contributed by atoms with Crippen molar-refractivity contribution in [1.29, 1.82) is 0 Å². The minimum Gasteiger partial charge on any atom is -0.493 e. The molecule has 0 spiro atoms. The van der Waals surface area contributed by atoms with Crippen molar-refractivity contribution in [3.63, 3.8) is 0 Å². The average molecular weight is 408 g/mol. The van der Waals surface area contributed by atoms with E-state index in [2.05, 4.69) is 40.3 Å². The SMILES string of the molecule is COc1cc(CNC(C)(C)CO)c(Br)cc1OCc1cccc(C)c1. The van der Waals surface area contributed by atoms with E-state index in [-0.39, 0.29) is 12.1 Å². The Morgan fingerprint density at radius 1 is 1.16 bits per heavy atom. The van der Waals surface area contributed by atoms with E-state index >= 15 is 0 Å². The predicted molar refractivity (Wildman–Crippen MR) is 104 cm³/mol. The lowest BCUT2D eigenvalue weighted by molar-refractivity contribution is 0.187. The maximum atomic E-state index is 9.37. The lowest BCUT2D eigenvalue weighted by Gasteiger charge is -2.24. The fraction of sp³-hybridized carbons (Fsp3) is 0.400. The van der Waals surface area contributed by atoms with Crippen LogP contribution in [0.3, 0.4) is 0 Å². The summed E-state index contributed by atoms with van der Waals surface area (Å²) in [7, 11) is 1.64. The largest absolute Gasteiger partial charge is 0.493 e. The van der Waals surface area contributed by atoms with Gasteiger partial charge < -0.3 is 19.9 Å². The molecule has 0 aromatic heterocycles. The van der Waals surface area contributed by atoms with E-state index in [9.17, 15) is 5.11 Å². The van der Waals surface area contributed by atoms with Crippen LogP contribution >= 0.6 is 15.9 Å². The molecule has 25 heavy (non-hydrogen) atoms. The third kappa shape index (κ3) is 5.73. The zero-order valence-corrected chi connectivity index (χ0v) is 16.8. The Morgan fingerprint density at radius 2 is 1.92 bits per heavy atom. The summed E-state index contributed by atoms with van der Waals surface area (Å²) in [5.74, 6) is 1.38. The van der Waals surface area contributed by atoms with Gasteiger partial charge in [0.1, 0.15) is 6.61 Å². The second kappa shape index (κ2) is 8.70. The van der Waals surface area contributed by atoms with Gasteiger partial charge in [-0.25, -0.2) is 0 Å². The summed E-state index contributed by atoms with van der Waals surface area (Å²) in [6, 6.07) is 12.1. The molecule has 2 N–H and O–H groups in total. The molecule has 0 unspecified atom stereocenters. The number of halogens is 1. The van der Waals surface area contributed by atoms with Gasteiger partial charge in [-0.3, -0.25) is 0 Å². The van der Waals surface area contributed by atoms with Gasteiger partial charge in [0.15, 0.2) is 11.5 Å². The summed E-state index contributed by atoms with van der Waals surface area (Å²) in [5, 5.41) is 12.7. The average Bonchev–Trinajstić information content (AvgIpc) is 2.59. The van der Waals surface area contributed by atoms with Crippen LogP contribution in [0.4, 0.5) is 0 Å². The standard InChI is InChI=1S/C20H26BrNO3/c1-14-6-5-7-15(8-14)12-25-19-10-17(21)16(9-18(19)24-4)11-22-20(2,3)13-23/h5-10,22-23H,11-13H2,1-4H3. The molecule has 2 aromatic rings. The number of aliphatic hydroxyl groups excluding tert-OH is 1. The quantitative estimate of drug-likeness (QED) is 0.687. The second-order valence-electron chi connectivity index (χ2n) is 6.77. The van der Waals surface area contributed by atoms with E-state index in [1.54, 1.807) is 7.11 Å². The minimum atomic E-state index is -0.340. The van der Waals surface area contributed by atoms with Crippen LogP contribution in [-0.2, 0) is 13.2 Å². The van der Waals surface area contributed by atoms with Crippen LogP contribution in [-0.4, -0.2) is 24.4 Å². The van der Waals surface area contributed by atoms with E-state index in [1.807, 2.05) is 38.1 Å². The van der Waals surface area contributed by atoms with E-state index in [1.165, 1.54) is 5.56 Å². The lowest BCUT2D eigenvalue weighted by atomic mass is 10.1. The smallest absolute Gasteiger partial charge is 0.162 e. The highest BCUT2D eigenvalue weighted by Crippen LogP contribution is 2.34. The Morgan fingerprint density at radius 3 is 2.56 bits per heavy atom. The molecule has 136 valence electrons. The Bertz CT molecular complexity index is 716. The normalized spacial score (nSPS) is 11.4. The molecule has 0 amide bonds. The third-order valence-electron chi connectivity index (χ3n) is 3.96. The molecule has 0 saturated carbocycles.